The van der Waals surface area contributed by atoms with E-state index in [0.717, 1.165) is 83.5 Å². The predicted octanol–water partition coefficient (Wildman–Crippen LogP) is 7.72. The number of benzene rings is 2. The van der Waals surface area contributed by atoms with E-state index in [4.69, 9.17) is 14.5 Å². The number of nitrogens with zero attached hydrogens (tertiary/aromatic N) is 3. The predicted molar refractivity (Wildman–Crippen MR) is 204 cm³/mol. The van der Waals surface area contributed by atoms with E-state index in [9.17, 15) is 23.2 Å². The summed E-state index contributed by atoms with van der Waals surface area (Å²) in [5.74, 6) is -1.59. The van der Waals surface area contributed by atoms with Crippen LogP contribution in [-0.4, -0.2) is 62.0 Å². The highest BCUT2D eigenvalue weighted by Crippen LogP contribution is 2.46. The number of ketones is 1. The Balaban J connectivity index is 0.907. The third-order valence-corrected chi connectivity index (χ3v) is 13.2. The molecule has 0 aliphatic carbocycles. The van der Waals surface area contributed by atoms with Crippen molar-refractivity contribution in [3.63, 3.8) is 0 Å². The van der Waals surface area contributed by atoms with Gasteiger partial charge in [-0.25, -0.2) is 13.8 Å². The number of Topliss-reactive ketones (excluding diaryl/α,β-unsaturated/α-hetero) is 1. The molecule has 2 saturated heterocycles. The molecule has 54 heavy (non-hydrogen) atoms. The highest BCUT2D eigenvalue weighted by atomic mass is 32.1. The largest absolute Gasteiger partial charge is 0.381 e. The summed E-state index contributed by atoms with van der Waals surface area (Å²) in [5.41, 5.74) is 5.07. The Morgan fingerprint density at radius 2 is 1.67 bits per heavy atom. The highest BCUT2D eigenvalue weighted by molar-refractivity contribution is 7.23. The fourth-order valence-corrected chi connectivity index (χ4v) is 10.1. The summed E-state index contributed by atoms with van der Waals surface area (Å²) >= 11 is 2.77. The van der Waals surface area contributed by atoms with Crippen LogP contribution in [-0.2, 0) is 35.3 Å². The molecule has 0 radical (unpaired) electrons. The Bertz CT molecular complexity index is 2270. The fraction of sp³-hybridized carbons (Fsp3) is 0.317. The number of hydrogen-bond donors (Lipinski definition) is 1. The van der Waals surface area contributed by atoms with E-state index in [1.54, 1.807) is 35.2 Å². The van der Waals surface area contributed by atoms with Crippen molar-refractivity contribution in [2.24, 2.45) is 5.41 Å². The van der Waals surface area contributed by atoms with Gasteiger partial charge < -0.3 is 24.6 Å². The molecular formula is C41H36F2N4O5S2. The minimum atomic E-state index is -0.742. The molecule has 0 saturated carbocycles. The second kappa shape index (κ2) is 14.1. The van der Waals surface area contributed by atoms with E-state index >= 15 is 0 Å². The van der Waals surface area contributed by atoms with Crippen LogP contribution in [0.5, 0.6) is 0 Å². The smallest absolute Gasteiger partial charge is 0.259 e. The average molecular weight is 767 g/mol. The number of thiophene rings is 2. The quantitative estimate of drug-likeness (QED) is 0.169. The number of halogens is 2. The Hall–Kier alpha value is -4.82. The van der Waals surface area contributed by atoms with Crippen LogP contribution >= 0.6 is 22.7 Å². The SMILES string of the molecule is O=C(Cc1c(F)cccc1F)c1cc2c(s1)-c1sccc1N(C(=O)c1ccc(NC(=O)c3cc4c(nc3N3CC5(CCOCC5)C3)CCOC4)cc1)CC2. The van der Waals surface area contributed by atoms with Crippen molar-refractivity contribution in [1.29, 1.82) is 0 Å². The number of carbonyl (C=O) groups excluding carboxylic acids is 3. The lowest BCUT2D eigenvalue weighted by Gasteiger charge is -2.53. The zero-order chi connectivity index (χ0) is 37.0. The molecular weight excluding hydrogens is 731 g/mol. The summed E-state index contributed by atoms with van der Waals surface area (Å²) in [6.07, 6.45) is 2.87. The van der Waals surface area contributed by atoms with Crippen LogP contribution in [0, 0.1) is 17.0 Å². The van der Waals surface area contributed by atoms with Crippen LogP contribution in [0.1, 0.15) is 65.6 Å². The molecule has 4 aliphatic rings. The van der Waals surface area contributed by atoms with Crippen molar-refractivity contribution in [2.75, 3.05) is 54.6 Å². The normalized spacial score (nSPS) is 17.2. The van der Waals surface area contributed by atoms with Crippen LogP contribution in [0.3, 0.4) is 0 Å². The van der Waals surface area contributed by atoms with Crippen LogP contribution < -0.4 is 15.1 Å². The molecule has 0 unspecified atom stereocenters. The highest BCUT2D eigenvalue weighted by Gasteiger charge is 2.45. The van der Waals surface area contributed by atoms with Crippen molar-refractivity contribution in [3.8, 4) is 9.75 Å². The van der Waals surface area contributed by atoms with Crippen molar-refractivity contribution in [1.82, 2.24) is 4.98 Å². The minimum Gasteiger partial charge on any atom is -0.381 e. The molecule has 1 spiro atoms. The number of pyridine rings is 1. The molecule has 13 heteroatoms. The third kappa shape index (κ3) is 6.42. The number of fused-ring (bicyclic) bond motifs is 4. The molecule has 2 aromatic carbocycles. The van der Waals surface area contributed by atoms with Gasteiger partial charge in [-0.3, -0.25) is 14.4 Å². The number of amides is 2. The van der Waals surface area contributed by atoms with Crippen LogP contribution in [0.25, 0.3) is 9.75 Å². The number of aromatic nitrogens is 1. The zero-order valence-electron chi connectivity index (χ0n) is 29.3. The summed E-state index contributed by atoms with van der Waals surface area (Å²) in [6.45, 7) is 4.64. The van der Waals surface area contributed by atoms with Gasteiger partial charge in [0.2, 0.25) is 0 Å². The molecule has 276 valence electrons. The number of nitrogens with one attached hydrogen (secondary N) is 1. The minimum absolute atomic E-state index is 0.185. The van der Waals surface area contributed by atoms with Crippen molar-refractivity contribution in [3.05, 3.63) is 116 Å². The fourth-order valence-electron chi connectivity index (χ4n) is 7.91. The molecule has 5 aromatic rings. The van der Waals surface area contributed by atoms with Crippen molar-refractivity contribution in [2.45, 2.75) is 38.7 Å². The van der Waals surface area contributed by atoms with Gasteiger partial charge in [0.15, 0.2) is 5.78 Å². The van der Waals surface area contributed by atoms with Crippen molar-refractivity contribution < 1.29 is 32.6 Å². The Kier molecular flexibility index (Phi) is 9.12. The van der Waals surface area contributed by atoms with Crippen LogP contribution in [0.2, 0.25) is 0 Å². The number of rotatable bonds is 7. The van der Waals surface area contributed by atoms with Gasteiger partial charge in [0.25, 0.3) is 11.8 Å². The van der Waals surface area contributed by atoms with Gasteiger partial charge in [-0.1, -0.05) is 6.07 Å². The molecule has 2 fully saturated rings. The molecule has 4 aliphatic heterocycles. The molecule has 7 heterocycles. The molecule has 1 N–H and O–H groups in total. The number of anilines is 3. The first kappa shape index (κ1) is 34.9. The van der Waals surface area contributed by atoms with Gasteiger partial charge in [0.05, 0.1) is 44.8 Å². The first-order valence-corrected chi connectivity index (χ1v) is 19.8. The average Bonchev–Trinajstić information content (AvgIpc) is 3.80. The Morgan fingerprint density at radius 3 is 2.44 bits per heavy atom. The summed E-state index contributed by atoms with van der Waals surface area (Å²) < 4.78 is 39.8. The standard InChI is InChI=1S/C41H36F2N4O5S2/c42-30-2-1-3-31(43)28(30)20-34(48)35-19-25-8-13-47(33-10-17-53-37(33)36(25)54-35)40(50)24-4-6-27(7-5-24)44-39(49)29-18-26-21-52-14-9-32(26)45-38(29)46-22-41(23-46)11-15-51-16-12-41/h1-7,10,17-19H,8-9,11-16,20-23H2,(H,44,49). The maximum Gasteiger partial charge on any atom is 0.259 e. The lowest BCUT2D eigenvalue weighted by molar-refractivity contribution is -0.000550. The number of hydrogen-bond acceptors (Lipinski definition) is 9. The first-order valence-electron chi connectivity index (χ1n) is 18.1. The van der Waals surface area contributed by atoms with E-state index in [-0.39, 0.29) is 35.0 Å². The van der Waals surface area contributed by atoms with Gasteiger partial charge in [-0.15, -0.1) is 22.7 Å². The van der Waals surface area contributed by atoms with Crippen LogP contribution in [0.4, 0.5) is 26.0 Å². The number of ether oxygens (including phenoxy) is 2. The van der Waals surface area contributed by atoms with Crippen molar-refractivity contribution >= 4 is 57.5 Å². The monoisotopic (exact) mass is 766 g/mol. The van der Waals surface area contributed by atoms with E-state index < -0.39 is 11.6 Å². The topological polar surface area (TPSA) is 101 Å². The maximum absolute atomic E-state index is 14.3. The Morgan fingerprint density at radius 1 is 0.889 bits per heavy atom. The second-order valence-corrected chi connectivity index (χ2v) is 16.3. The zero-order valence-corrected chi connectivity index (χ0v) is 30.9. The van der Waals surface area contributed by atoms with E-state index in [0.29, 0.717) is 60.1 Å². The maximum atomic E-state index is 14.3. The summed E-state index contributed by atoms with van der Waals surface area (Å²) in [6, 6.07) is 16.1. The van der Waals surface area contributed by atoms with Gasteiger partial charge in [-0.05, 0) is 84.8 Å². The molecule has 9 rings (SSSR count). The lowest BCUT2D eigenvalue weighted by atomic mass is 9.73. The third-order valence-electron chi connectivity index (χ3n) is 10.9. The number of carbonyl (C=O) groups is 3. The lowest BCUT2D eigenvalue weighted by Crippen LogP contribution is -2.59. The van der Waals surface area contributed by atoms with E-state index in [1.165, 1.54) is 28.7 Å². The van der Waals surface area contributed by atoms with Gasteiger partial charge >= 0.3 is 0 Å². The first-order chi connectivity index (χ1) is 26.2. The summed E-state index contributed by atoms with van der Waals surface area (Å²) in [4.78, 5) is 52.1. The molecule has 3 aromatic heterocycles. The van der Waals surface area contributed by atoms with Crippen LogP contribution in [0.15, 0.2) is 66.0 Å². The van der Waals surface area contributed by atoms with E-state index in [2.05, 4.69) is 10.2 Å². The van der Waals surface area contributed by atoms with Gasteiger partial charge in [-0.2, -0.15) is 0 Å². The molecule has 2 amide bonds. The summed E-state index contributed by atoms with van der Waals surface area (Å²) in [7, 11) is 0. The second-order valence-electron chi connectivity index (χ2n) is 14.4. The molecule has 0 bridgehead atoms. The molecule has 0 atom stereocenters. The van der Waals surface area contributed by atoms with Gasteiger partial charge in [0, 0.05) is 73.5 Å². The molecule has 9 nitrogen and oxygen atoms in total. The Labute approximate surface area is 318 Å². The van der Waals surface area contributed by atoms with E-state index in [1.807, 2.05) is 17.5 Å². The van der Waals surface area contributed by atoms with Gasteiger partial charge in [0.1, 0.15) is 17.5 Å². The summed E-state index contributed by atoms with van der Waals surface area (Å²) in [5, 5.41) is 4.94.